The molecule has 0 aliphatic carbocycles. The number of amides is 2. The second-order valence-corrected chi connectivity index (χ2v) is 9.38. The molecule has 1 aromatic heterocycles. The van der Waals surface area contributed by atoms with Crippen molar-refractivity contribution < 1.29 is 42.9 Å². The molecule has 14 heteroatoms. The first-order valence-corrected chi connectivity index (χ1v) is 12.7. The summed E-state index contributed by atoms with van der Waals surface area (Å²) in [6.07, 6.45) is -3.80. The van der Waals surface area contributed by atoms with Crippen LogP contribution in [-0.4, -0.2) is 68.3 Å². The molecule has 4 atom stereocenters. The van der Waals surface area contributed by atoms with Crippen LogP contribution in [0.15, 0.2) is 47.4 Å². The van der Waals surface area contributed by atoms with Crippen molar-refractivity contribution in [3.05, 3.63) is 58.6 Å². The van der Waals surface area contributed by atoms with Crippen molar-refractivity contribution >= 4 is 23.6 Å². The van der Waals surface area contributed by atoms with E-state index in [-0.39, 0.29) is 24.6 Å². The Morgan fingerprint density at radius 1 is 1.18 bits per heavy atom. The topological polar surface area (TPSA) is 169 Å². The number of anilines is 1. The number of alkyl halides is 2. The molecule has 1 aliphatic heterocycles. The lowest BCUT2D eigenvalue weighted by Gasteiger charge is -2.21. The van der Waals surface area contributed by atoms with Gasteiger partial charge in [-0.15, -0.1) is 0 Å². The number of halogens is 2. The quantitative estimate of drug-likeness (QED) is 0.265. The summed E-state index contributed by atoms with van der Waals surface area (Å²) in [6, 6.07) is 8.88. The third kappa shape index (κ3) is 8.13. The zero-order valence-electron chi connectivity index (χ0n) is 21.8. The molecule has 12 nitrogen and oxygen atoms in total. The fraction of sp³-hybridized carbons (Fsp3) is 0.500. The molecule has 40 heavy (non-hydrogen) atoms. The summed E-state index contributed by atoms with van der Waals surface area (Å²) in [5, 5.41) is 23.7. The third-order valence-corrected chi connectivity index (χ3v) is 6.24. The zero-order chi connectivity index (χ0) is 29.3. The van der Waals surface area contributed by atoms with E-state index >= 15 is 0 Å². The van der Waals surface area contributed by atoms with Crippen LogP contribution >= 0.6 is 0 Å². The number of Topliss-reactive ketones (excluding diaryl/α,β-unsaturated/α-hetero) is 1. The predicted molar refractivity (Wildman–Crippen MR) is 136 cm³/mol. The number of ether oxygens (including phenoxy) is 2. The van der Waals surface area contributed by atoms with Crippen LogP contribution < -0.4 is 16.3 Å². The van der Waals surface area contributed by atoms with Crippen LogP contribution in [0, 0.1) is 0 Å². The van der Waals surface area contributed by atoms with Crippen LogP contribution in [0.5, 0.6) is 0 Å². The van der Waals surface area contributed by atoms with Gasteiger partial charge in [-0.25, -0.2) is 9.59 Å². The molecule has 0 spiro atoms. The van der Waals surface area contributed by atoms with Gasteiger partial charge in [-0.1, -0.05) is 43.2 Å². The second-order valence-electron chi connectivity index (χ2n) is 9.38. The predicted octanol–water partition coefficient (Wildman–Crippen LogP) is 1.90. The van der Waals surface area contributed by atoms with Crippen LogP contribution in [0.25, 0.3) is 0 Å². The maximum atomic E-state index is 14.4. The van der Waals surface area contributed by atoms with Gasteiger partial charge in [-0.05, 0) is 31.4 Å². The van der Waals surface area contributed by atoms with Crippen LogP contribution in [-0.2, 0) is 25.7 Å². The Balaban J connectivity index is 1.66. The Kier molecular flexibility index (Phi) is 10.8. The van der Waals surface area contributed by atoms with Crippen molar-refractivity contribution in [3.63, 3.8) is 0 Å². The number of rotatable bonds is 13. The highest BCUT2D eigenvalue weighted by molar-refractivity contribution is 5.95. The molecular formula is C26H32F2N4O8. The van der Waals surface area contributed by atoms with Crippen LogP contribution in [0.3, 0.4) is 0 Å². The second kappa shape index (κ2) is 14.1. The zero-order valence-corrected chi connectivity index (χ0v) is 21.8. The molecule has 218 valence electrons. The lowest BCUT2D eigenvalue weighted by Crippen LogP contribution is -2.44. The van der Waals surface area contributed by atoms with E-state index in [0.717, 1.165) is 17.8 Å². The van der Waals surface area contributed by atoms with E-state index in [0.29, 0.717) is 30.3 Å². The number of aromatic nitrogens is 2. The van der Waals surface area contributed by atoms with Gasteiger partial charge in [0.15, 0.2) is 6.10 Å². The molecule has 1 saturated heterocycles. The number of hydrogen-bond donors (Lipinski definition) is 4. The highest BCUT2D eigenvalue weighted by atomic mass is 19.3. The van der Waals surface area contributed by atoms with E-state index in [1.807, 2.05) is 6.07 Å². The van der Waals surface area contributed by atoms with Gasteiger partial charge in [-0.3, -0.25) is 9.36 Å². The standard InChI is InChI=1S/C26H32F2N4O8/c1-16(34)8-4-2-7-11-18(29-25(38)39-15-17-9-5-3-6-10-17)22(36)30-20-12-13-32(24(37)31-20)23-26(27,28)21(35)19(14-33)40-23/h3,5-6,9-10,12-13,18-19,21,23,33,35H,2,4,7-8,11,14-15H2,1H3,(H,29,38)(H,30,31,36,37)/t18?,19-,21+,23-/m1/s1. The normalized spacial score (nSPS) is 20.5. The molecule has 0 saturated carbocycles. The minimum atomic E-state index is -3.89. The summed E-state index contributed by atoms with van der Waals surface area (Å²) < 4.78 is 39.4. The molecule has 1 fully saturated rings. The van der Waals surface area contributed by atoms with Crippen molar-refractivity contribution in [3.8, 4) is 0 Å². The molecule has 0 bridgehead atoms. The Hall–Kier alpha value is -3.75. The van der Waals surface area contributed by atoms with E-state index in [4.69, 9.17) is 14.6 Å². The smallest absolute Gasteiger partial charge is 0.408 e. The summed E-state index contributed by atoms with van der Waals surface area (Å²) in [5.74, 6) is -4.85. The van der Waals surface area contributed by atoms with E-state index < -0.39 is 54.7 Å². The molecular weight excluding hydrogens is 534 g/mol. The van der Waals surface area contributed by atoms with Crippen molar-refractivity contribution in [1.29, 1.82) is 0 Å². The van der Waals surface area contributed by atoms with Gasteiger partial charge in [0.1, 0.15) is 30.4 Å². The molecule has 1 unspecified atom stereocenters. The fourth-order valence-corrected chi connectivity index (χ4v) is 4.07. The van der Waals surface area contributed by atoms with Gasteiger partial charge in [0, 0.05) is 12.6 Å². The van der Waals surface area contributed by atoms with Crippen LogP contribution in [0.1, 0.15) is 50.8 Å². The van der Waals surface area contributed by atoms with E-state index in [1.54, 1.807) is 24.3 Å². The Labute approximate surface area is 228 Å². The van der Waals surface area contributed by atoms with Crippen molar-refractivity contribution in [2.45, 2.75) is 76.0 Å². The average Bonchev–Trinajstić information content (AvgIpc) is 3.15. The lowest BCUT2D eigenvalue weighted by atomic mass is 10.1. The number of unbranched alkanes of at least 4 members (excludes halogenated alkanes) is 2. The lowest BCUT2D eigenvalue weighted by molar-refractivity contribution is -0.141. The Bertz CT molecular complexity index is 1230. The van der Waals surface area contributed by atoms with Gasteiger partial charge in [0.2, 0.25) is 12.1 Å². The molecule has 0 radical (unpaired) electrons. The van der Waals surface area contributed by atoms with Gasteiger partial charge < -0.3 is 35.1 Å². The van der Waals surface area contributed by atoms with Crippen LogP contribution in [0.4, 0.5) is 19.4 Å². The number of alkyl carbamates (subject to hydrolysis) is 1. The maximum Gasteiger partial charge on any atom is 0.408 e. The van der Waals surface area contributed by atoms with Gasteiger partial charge in [0.25, 0.3) is 0 Å². The first-order valence-electron chi connectivity index (χ1n) is 12.7. The van der Waals surface area contributed by atoms with Crippen molar-refractivity contribution in [1.82, 2.24) is 14.9 Å². The average molecular weight is 567 g/mol. The molecule has 1 aliphatic rings. The number of ketones is 1. The summed E-state index contributed by atoms with van der Waals surface area (Å²) in [5.41, 5.74) is -0.466. The highest BCUT2D eigenvalue weighted by Crippen LogP contribution is 2.41. The molecule has 1 aromatic carbocycles. The number of aliphatic hydroxyl groups is 2. The van der Waals surface area contributed by atoms with Crippen molar-refractivity contribution in [2.75, 3.05) is 11.9 Å². The van der Waals surface area contributed by atoms with Gasteiger partial charge in [-0.2, -0.15) is 13.8 Å². The number of aliphatic hydroxyl groups excluding tert-OH is 2. The number of hydrogen-bond acceptors (Lipinski definition) is 9. The molecule has 2 heterocycles. The largest absolute Gasteiger partial charge is 0.445 e. The third-order valence-electron chi connectivity index (χ3n) is 6.24. The van der Waals surface area contributed by atoms with Crippen molar-refractivity contribution in [2.24, 2.45) is 0 Å². The molecule has 3 rings (SSSR count). The molecule has 2 amide bonds. The SMILES string of the molecule is CC(=O)CCCCCC(NC(=O)OCc1ccccc1)C(=O)Nc1ccn([C@@H]2O[C@H](CO)[C@H](O)C2(F)F)c(=O)n1. The number of nitrogens with one attached hydrogen (secondary N) is 2. The summed E-state index contributed by atoms with van der Waals surface area (Å²) in [4.78, 5) is 52.6. The van der Waals surface area contributed by atoms with E-state index in [2.05, 4.69) is 15.6 Å². The van der Waals surface area contributed by atoms with E-state index in [9.17, 15) is 33.1 Å². The highest BCUT2D eigenvalue weighted by Gasteiger charge is 2.59. The minimum absolute atomic E-state index is 0.0287. The number of benzene rings is 1. The summed E-state index contributed by atoms with van der Waals surface area (Å²) in [6.45, 7) is 0.564. The number of carbonyl (C=O) groups is 3. The maximum absolute atomic E-state index is 14.4. The number of carbonyl (C=O) groups excluding carboxylic acids is 3. The van der Waals surface area contributed by atoms with Crippen LogP contribution in [0.2, 0.25) is 0 Å². The summed E-state index contributed by atoms with van der Waals surface area (Å²) >= 11 is 0. The Morgan fingerprint density at radius 3 is 2.52 bits per heavy atom. The first-order chi connectivity index (χ1) is 19.0. The molecule has 4 N–H and O–H groups in total. The molecule has 2 aromatic rings. The first kappa shape index (κ1) is 30.8. The fourth-order valence-electron chi connectivity index (χ4n) is 4.07. The Morgan fingerprint density at radius 2 is 1.90 bits per heavy atom. The van der Waals surface area contributed by atoms with Gasteiger partial charge >= 0.3 is 17.7 Å². The van der Waals surface area contributed by atoms with Gasteiger partial charge in [0.05, 0.1) is 6.61 Å². The number of nitrogens with zero attached hydrogens (tertiary/aromatic N) is 2. The summed E-state index contributed by atoms with van der Waals surface area (Å²) in [7, 11) is 0. The minimum Gasteiger partial charge on any atom is -0.445 e. The monoisotopic (exact) mass is 566 g/mol. The van der Waals surface area contributed by atoms with E-state index in [1.165, 1.54) is 6.92 Å².